The summed E-state index contributed by atoms with van der Waals surface area (Å²) in [4.78, 5) is 25.3. The monoisotopic (exact) mass is 294 g/mol. The number of nitrogens with zero attached hydrogens (tertiary/aromatic N) is 2. The van der Waals surface area contributed by atoms with Gasteiger partial charge in [0, 0.05) is 6.54 Å². The van der Waals surface area contributed by atoms with Crippen molar-refractivity contribution in [2.24, 2.45) is 0 Å². The molecule has 0 saturated heterocycles. The number of aryl methyl sites for hydroxylation is 1. The number of hydrogen-bond acceptors (Lipinski definition) is 2. The lowest BCUT2D eigenvalue weighted by atomic mass is 10.1. The first-order valence-corrected chi connectivity index (χ1v) is 7.37. The molecule has 1 heterocycles. The summed E-state index contributed by atoms with van der Waals surface area (Å²) in [5.41, 5.74) is 3.10. The molecule has 0 atom stereocenters. The Morgan fingerprint density at radius 3 is 2.41 bits per heavy atom. The smallest absolute Gasteiger partial charge is 0.268 e. The zero-order valence-electron chi connectivity index (χ0n) is 13.0. The molecule has 0 amide bonds. The summed E-state index contributed by atoms with van der Waals surface area (Å²) in [5.74, 6) is 0. The molecule has 0 aliphatic carbocycles. The third-order valence-electron chi connectivity index (χ3n) is 4.18. The van der Waals surface area contributed by atoms with Gasteiger partial charge < -0.3 is 0 Å². The van der Waals surface area contributed by atoms with Gasteiger partial charge in [0.2, 0.25) is 0 Å². The van der Waals surface area contributed by atoms with Gasteiger partial charge in [0.05, 0.1) is 16.6 Å². The van der Waals surface area contributed by atoms with Crippen LogP contribution in [0.2, 0.25) is 0 Å². The maximum absolute atomic E-state index is 12.8. The van der Waals surface area contributed by atoms with E-state index in [0.717, 1.165) is 16.8 Å². The molecule has 112 valence electrons. The van der Waals surface area contributed by atoms with Gasteiger partial charge in [-0.3, -0.25) is 13.9 Å². The second-order valence-electron chi connectivity index (χ2n) is 5.40. The van der Waals surface area contributed by atoms with Gasteiger partial charge in [0.1, 0.15) is 0 Å². The van der Waals surface area contributed by atoms with Crippen LogP contribution in [0.5, 0.6) is 0 Å². The van der Waals surface area contributed by atoms with Crippen LogP contribution < -0.4 is 11.2 Å². The molecule has 2 aromatic carbocycles. The largest absolute Gasteiger partial charge is 0.336 e. The highest BCUT2D eigenvalue weighted by Gasteiger charge is 2.14. The first-order valence-electron chi connectivity index (χ1n) is 7.37. The molecule has 0 aliphatic rings. The van der Waals surface area contributed by atoms with Crippen LogP contribution in [-0.2, 0) is 6.54 Å². The van der Waals surface area contributed by atoms with E-state index in [4.69, 9.17) is 0 Å². The maximum Gasteiger partial charge on any atom is 0.336 e. The molecule has 0 saturated carbocycles. The molecular weight excluding hydrogens is 276 g/mol. The van der Waals surface area contributed by atoms with Crippen molar-refractivity contribution in [3.63, 3.8) is 0 Å². The van der Waals surface area contributed by atoms with Crippen molar-refractivity contribution in [3.05, 3.63) is 74.4 Å². The average molecular weight is 294 g/mol. The normalized spacial score (nSPS) is 11.0. The van der Waals surface area contributed by atoms with Crippen molar-refractivity contribution in [2.45, 2.75) is 27.3 Å². The molecule has 3 aromatic rings. The van der Waals surface area contributed by atoms with Crippen molar-refractivity contribution >= 4 is 10.9 Å². The second-order valence-corrected chi connectivity index (χ2v) is 5.40. The minimum atomic E-state index is -0.292. The van der Waals surface area contributed by atoms with Gasteiger partial charge in [-0.15, -0.1) is 0 Å². The third-order valence-corrected chi connectivity index (χ3v) is 4.18. The molecule has 0 bridgehead atoms. The minimum Gasteiger partial charge on any atom is -0.268 e. The Kier molecular flexibility index (Phi) is 3.45. The number of aromatic nitrogens is 2. The number of rotatable bonds is 2. The molecular formula is C18H18N2O2. The zero-order valence-corrected chi connectivity index (χ0v) is 13.0. The SMILES string of the molecule is CCn1c(=O)c2ccccc2n(-c2cccc(C)c2C)c1=O. The molecule has 0 N–H and O–H groups in total. The van der Waals surface area contributed by atoms with Crippen LogP contribution in [0, 0.1) is 13.8 Å². The van der Waals surface area contributed by atoms with E-state index in [1.165, 1.54) is 4.57 Å². The first kappa shape index (κ1) is 14.3. The van der Waals surface area contributed by atoms with Gasteiger partial charge in [-0.25, -0.2) is 4.79 Å². The fourth-order valence-corrected chi connectivity index (χ4v) is 2.80. The van der Waals surface area contributed by atoms with Crippen LogP contribution in [0.25, 0.3) is 16.6 Å². The highest BCUT2D eigenvalue weighted by Crippen LogP contribution is 2.19. The Bertz CT molecular complexity index is 981. The highest BCUT2D eigenvalue weighted by molar-refractivity contribution is 5.79. The molecule has 0 unspecified atom stereocenters. The van der Waals surface area contributed by atoms with E-state index in [9.17, 15) is 9.59 Å². The van der Waals surface area contributed by atoms with Crippen LogP contribution in [-0.4, -0.2) is 9.13 Å². The van der Waals surface area contributed by atoms with Gasteiger partial charge in [0.15, 0.2) is 0 Å². The Labute approximate surface area is 128 Å². The van der Waals surface area contributed by atoms with Crippen LogP contribution in [0.1, 0.15) is 18.1 Å². The second kappa shape index (κ2) is 5.30. The predicted molar refractivity (Wildman–Crippen MR) is 89.0 cm³/mol. The van der Waals surface area contributed by atoms with Crippen molar-refractivity contribution in [1.29, 1.82) is 0 Å². The van der Waals surface area contributed by atoms with E-state index in [1.54, 1.807) is 10.6 Å². The third kappa shape index (κ3) is 1.99. The highest BCUT2D eigenvalue weighted by atomic mass is 16.2. The zero-order chi connectivity index (χ0) is 15.9. The topological polar surface area (TPSA) is 44.0 Å². The van der Waals surface area contributed by atoms with Crippen molar-refractivity contribution in [2.75, 3.05) is 0 Å². The van der Waals surface area contributed by atoms with E-state index in [2.05, 4.69) is 0 Å². The summed E-state index contributed by atoms with van der Waals surface area (Å²) >= 11 is 0. The Hall–Kier alpha value is -2.62. The Morgan fingerprint density at radius 1 is 0.955 bits per heavy atom. The van der Waals surface area contributed by atoms with E-state index >= 15 is 0 Å². The molecule has 1 aromatic heterocycles. The molecule has 3 rings (SSSR count). The summed E-state index contributed by atoms with van der Waals surface area (Å²) < 4.78 is 2.92. The molecule has 0 radical (unpaired) electrons. The molecule has 4 heteroatoms. The average Bonchev–Trinajstić information content (AvgIpc) is 2.52. The number of para-hydroxylation sites is 1. The Morgan fingerprint density at radius 2 is 1.68 bits per heavy atom. The fourth-order valence-electron chi connectivity index (χ4n) is 2.80. The molecule has 0 spiro atoms. The first-order chi connectivity index (χ1) is 10.6. The summed E-state index contributed by atoms with van der Waals surface area (Å²) in [6.07, 6.45) is 0. The molecule has 22 heavy (non-hydrogen) atoms. The lowest BCUT2D eigenvalue weighted by Gasteiger charge is -2.16. The van der Waals surface area contributed by atoms with Crippen LogP contribution >= 0.6 is 0 Å². The van der Waals surface area contributed by atoms with Gasteiger partial charge >= 0.3 is 5.69 Å². The van der Waals surface area contributed by atoms with Crippen molar-refractivity contribution in [3.8, 4) is 5.69 Å². The minimum absolute atomic E-state index is 0.232. The van der Waals surface area contributed by atoms with E-state index in [1.807, 2.05) is 57.2 Å². The van der Waals surface area contributed by atoms with Crippen molar-refractivity contribution in [1.82, 2.24) is 9.13 Å². The summed E-state index contributed by atoms with van der Waals surface area (Å²) in [5, 5.41) is 0.560. The molecule has 4 nitrogen and oxygen atoms in total. The van der Waals surface area contributed by atoms with Gasteiger partial charge in [-0.05, 0) is 50.1 Å². The Balaban J connectivity index is 2.57. The van der Waals surface area contributed by atoms with Crippen molar-refractivity contribution < 1.29 is 0 Å². The predicted octanol–water partition coefficient (Wildman–Crippen LogP) is 2.79. The quantitative estimate of drug-likeness (QED) is 0.729. The summed E-state index contributed by atoms with van der Waals surface area (Å²) in [7, 11) is 0. The lowest BCUT2D eigenvalue weighted by molar-refractivity contribution is 0.661. The van der Waals surface area contributed by atoms with Crippen LogP contribution in [0.15, 0.2) is 52.1 Å². The van der Waals surface area contributed by atoms with Crippen LogP contribution in [0.4, 0.5) is 0 Å². The summed E-state index contributed by atoms with van der Waals surface area (Å²) in [6.45, 7) is 6.17. The van der Waals surface area contributed by atoms with E-state index in [0.29, 0.717) is 17.4 Å². The maximum atomic E-state index is 12.8. The number of hydrogen-bond donors (Lipinski definition) is 0. The standard InChI is InChI=1S/C18H18N2O2/c1-4-19-17(21)14-9-5-6-10-16(14)20(18(19)22)15-11-7-8-12(2)13(15)3/h5-11H,4H2,1-3H3. The number of fused-ring (bicyclic) bond motifs is 1. The van der Waals surface area contributed by atoms with Crippen LogP contribution in [0.3, 0.4) is 0 Å². The molecule has 0 fully saturated rings. The number of benzene rings is 2. The lowest BCUT2D eigenvalue weighted by Crippen LogP contribution is -2.39. The summed E-state index contributed by atoms with van der Waals surface area (Å²) in [6, 6.07) is 13.1. The molecule has 0 aliphatic heterocycles. The van der Waals surface area contributed by atoms with Gasteiger partial charge in [-0.1, -0.05) is 24.3 Å². The van der Waals surface area contributed by atoms with Gasteiger partial charge in [0.25, 0.3) is 5.56 Å². The fraction of sp³-hybridized carbons (Fsp3) is 0.222. The van der Waals surface area contributed by atoms with Gasteiger partial charge in [-0.2, -0.15) is 0 Å². The van der Waals surface area contributed by atoms with E-state index < -0.39 is 0 Å². The van der Waals surface area contributed by atoms with E-state index in [-0.39, 0.29) is 11.2 Å².